The van der Waals surface area contributed by atoms with Crippen molar-refractivity contribution in [3.05, 3.63) is 76.5 Å². The third-order valence-corrected chi connectivity index (χ3v) is 5.54. The monoisotopic (exact) mass is 416 g/mol. The number of allylic oxidation sites excluding steroid dienone is 1. The van der Waals surface area contributed by atoms with Gasteiger partial charge in [0.2, 0.25) is 5.91 Å². The minimum absolute atomic E-state index is 0.125. The lowest BCUT2D eigenvalue weighted by molar-refractivity contribution is -0.121. The Labute approximate surface area is 180 Å². The Balaban J connectivity index is 1.76. The average molecular weight is 416 g/mol. The Hall–Kier alpha value is -3.51. The Morgan fingerprint density at radius 3 is 2.42 bits per heavy atom. The molecule has 1 aliphatic carbocycles. The van der Waals surface area contributed by atoms with Crippen LogP contribution in [0.2, 0.25) is 0 Å². The fourth-order valence-corrected chi connectivity index (χ4v) is 4.05. The summed E-state index contributed by atoms with van der Waals surface area (Å²) in [7, 11) is 1.59. The number of methoxy groups -OCH3 is 1. The second kappa shape index (κ2) is 8.70. The third kappa shape index (κ3) is 3.82. The number of aryl methyl sites for hydroxylation is 1. The zero-order valence-corrected chi connectivity index (χ0v) is 17.6. The summed E-state index contributed by atoms with van der Waals surface area (Å²) in [6.07, 6.45) is 4.30. The fraction of sp³-hybridized carbons (Fsp3) is 0.240. The van der Waals surface area contributed by atoms with Crippen LogP contribution in [0.1, 0.15) is 38.8 Å². The molecule has 6 heteroatoms. The number of Topliss-reactive ketones (excluding diaryl/α,β-unsaturated/α-hetero) is 2. The maximum Gasteiger partial charge on any atom is 0.240 e. The maximum absolute atomic E-state index is 12.8. The summed E-state index contributed by atoms with van der Waals surface area (Å²) in [5.41, 5.74) is 3.82. The topological polar surface area (TPSA) is 77.4 Å². The van der Waals surface area contributed by atoms with E-state index in [1.165, 1.54) is 0 Å². The molecule has 1 heterocycles. The summed E-state index contributed by atoms with van der Waals surface area (Å²) in [6.45, 7) is 3.08. The first-order valence-corrected chi connectivity index (χ1v) is 10.3. The number of ether oxygens (including phenoxy) is 1. The van der Waals surface area contributed by atoms with E-state index in [0.29, 0.717) is 24.3 Å². The molecule has 1 amide bonds. The van der Waals surface area contributed by atoms with Crippen LogP contribution in [0, 0.1) is 0 Å². The number of rotatable bonds is 7. The molecule has 0 atom stereocenters. The van der Waals surface area contributed by atoms with Crippen molar-refractivity contribution in [2.24, 2.45) is 0 Å². The van der Waals surface area contributed by atoms with E-state index < -0.39 is 0 Å². The van der Waals surface area contributed by atoms with Crippen LogP contribution in [0.3, 0.4) is 0 Å². The number of carbonyl (C=O) groups is 3. The summed E-state index contributed by atoms with van der Waals surface area (Å²) in [6, 6.07) is 12.8. The molecule has 0 saturated carbocycles. The van der Waals surface area contributed by atoms with E-state index in [2.05, 4.69) is 12.2 Å². The van der Waals surface area contributed by atoms with Crippen molar-refractivity contribution in [2.45, 2.75) is 19.9 Å². The van der Waals surface area contributed by atoms with E-state index >= 15 is 0 Å². The molecule has 1 aliphatic rings. The van der Waals surface area contributed by atoms with Gasteiger partial charge in [0.15, 0.2) is 11.6 Å². The number of para-hydroxylation sites is 1. The number of ketones is 2. The molecule has 0 radical (unpaired) electrons. The average Bonchev–Trinajstić information content (AvgIpc) is 3.25. The Kier molecular flexibility index (Phi) is 5.82. The standard InChI is InChI=1S/C25H24N2O4/c1-3-16-7-6-10-18-17(14-27(23(16)18)15-22(28)26-11-12-31-2)13-21-24(29)19-8-4-5-9-20(19)25(21)30/h4-10,13-14H,3,11-12,15H2,1-2H3,(H,26,28). The van der Waals surface area contributed by atoms with Gasteiger partial charge in [-0.1, -0.05) is 49.4 Å². The van der Waals surface area contributed by atoms with Crippen molar-refractivity contribution in [1.29, 1.82) is 0 Å². The van der Waals surface area contributed by atoms with Gasteiger partial charge in [0.25, 0.3) is 0 Å². The first-order valence-electron chi connectivity index (χ1n) is 10.3. The highest BCUT2D eigenvalue weighted by molar-refractivity contribution is 6.41. The third-order valence-electron chi connectivity index (χ3n) is 5.54. The van der Waals surface area contributed by atoms with Gasteiger partial charge in [-0.05, 0) is 18.1 Å². The van der Waals surface area contributed by atoms with Gasteiger partial charge in [-0.2, -0.15) is 0 Å². The molecule has 31 heavy (non-hydrogen) atoms. The molecule has 1 N–H and O–H groups in total. The van der Waals surface area contributed by atoms with Crippen molar-refractivity contribution < 1.29 is 19.1 Å². The van der Waals surface area contributed by atoms with E-state index in [0.717, 1.165) is 28.5 Å². The number of carbonyl (C=O) groups excluding carboxylic acids is 3. The van der Waals surface area contributed by atoms with Gasteiger partial charge < -0.3 is 14.6 Å². The molecular formula is C25H24N2O4. The molecule has 2 aromatic carbocycles. The quantitative estimate of drug-likeness (QED) is 0.364. The smallest absolute Gasteiger partial charge is 0.240 e. The zero-order valence-electron chi connectivity index (χ0n) is 17.6. The van der Waals surface area contributed by atoms with Crippen molar-refractivity contribution in [1.82, 2.24) is 9.88 Å². The minimum atomic E-state index is -0.259. The van der Waals surface area contributed by atoms with Crippen molar-refractivity contribution in [3.63, 3.8) is 0 Å². The van der Waals surface area contributed by atoms with Gasteiger partial charge in [-0.3, -0.25) is 14.4 Å². The zero-order chi connectivity index (χ0) is 22.0. The molecule has 1 aromatic heterocycles. The summed E-state index contributed by atoms with van der Waals surface area (Å²) in [4.78, 5) is 38.1. The second-order valence-corrected chi connectivity index (χ2v) is 7.48. The lowest BCUT2D eigenvalue weighted by Crippen LogP contribution is -2.30. The molecule has 3 aromatic rings. The summed E-state index contributed by atoms with van der Waals surface area (Å²) >= 11 is 0. The second-order valence-electron chi connectivity index (χ2n) is 7.48. The van der Waals surface area contributed by atoms with Crippen LogP contribution in [-0.4, -0.2) is 42.3 Å². The highest BCUT2D eigenvalue weighted by Gasteiger charge is 2.32. The molecule has 4 rings (SSSR count). The lowest BCUT2D eigenvalue weighted by Gasteiger charge is -2.09. The Morgan fingerprint density at radius 2 is 1.77 bits per heavy atom. The van der Waals surface area contributed by atoms with Gasteiger partial charge in [-0.15, -0.1) is 0 Å². The van der Waals surface area contributed by atoms with Crippen LogP contribution in [0.25, 0.3) is 17.0 Å². The molecule has 6 nitrogen and oxygen atoms in total. The van der Waals surface area contributed by atoms with Gasteiger partial charge in [0.05, 0.1) is 17.7 Å². The molecular weight excluding hydrogens is 392 g/mol. The molecule has 0 unspecified atom stereocenters. The Bertz CT molecular complexity index is 1180. The number of nitrogens with one attached hydrogen (secondary N) is 1. The fourth-order valence-electron chi connectivity index (χ4n) is 4.05. The van der Waals surface area contributed by atoms with Gasteiger partial charge in [0, 0.05) is 41.9 Å². The SMILES string of the molecule is CCc1cccc2c(C=C3C(=O)c4ccccc4C3=O)cn(CC(=O)NCCOC)c12. The number of hydrogen-bond donors (Lipinski definition) is 1. The lowest BCUT2D eigenvalue weighted by atomic mass is 10.0. The molecule has 0 bridgehead atoms. The van der Waals surface area contributed by atoms with Crippen molar-refractivity contribution in [3.8, 4) is 0 Å². The van der Waals surface area contributed by atoms with Crippen molar-refractivity contribution in [2.75, 3.05) is 20.3 Å². The summed E-state index contributed by atoms with van der Waals surface area (Å²) < 4.78 is 6.87. The number of hydrogen-bond acceptors (Lipinski definition) is 4. The molecule has 158 valence electrons. The number of aromatic nitrogens is 1. The van der Waals surface area contributed by atoms with Gasteiger partial charge >= 0.3 is 0 Å². The van der Waals surface area contributed by atoms with Crippen LogP contribution in [0.15, 0.2) is 54.2 Å². The van der Waals surface area contributed by atoms with Crippen molar-refractivity contribution >= 4 is 34.5 Å². The number of nitrogens with zero attached hydrogens (tertiary/aromatic N) is 1. The number of amides is 1. The van der Waals surface area contributed by atoms with Crippen LogP contribution < -0.4 is 5.32 Å². The van der Waals surface area contributed by atoms with E-state index in [-0.39, 0.29) is 29.6 Å². The molecule has 0 spiro atoms. The van der Waals surface area contributed by atoms with E-state index in [1.807, 2.05) is 29.0 Å². The summed E-state index contributed by atoms with van der Waals surface area (Å²) in [5.74, 6) is -0.643. The largest absolute Gasteiger partial charge is 0.383 e. The minimum Gasteiger partial charge on any atom is -0.383 e. The number of benzene rings is 2. The molecule has 0 saturated heterocycles. The highest BCUT2D eigenvalue weighted by atomic mass is 16.5. The number of fused-ring (bicyclic) bond motifs is 2. The van der Waals surface area contributed by atoms with Gasteiger partial charge in [0.1, 0.15) is 6.54 Å². The van der Waals surface area contributed by atoms with Crippen LogP contribution in [0.4, 0.5) is 0 Å². The van der Waals surface area contributed by atoms with Gasteiger partial charge in [-0.25, -0.2) is 0 Å². The maximum atomic E-state index is 12.8. The highest BCUT2D eigenvalue weighted by Crippen LogP contribution is 2.31. The Morgan fingerprint density at radius 1 is 1.06 bits per heavy atom. The predicted octanol–water partition coefficient (Wildman–Crippen LogP) is 3.43. The first kappa shape index (κ1) is 20.8. The van der Waals surface area contributed by atoms with Crippen LogP contribution >= 0.6 is 0 Å². The summed E-state index contributed by atoms with van der Waals surface area (Å²) in [5, 5.41) is 3.74. The molecule has 0 fully saturated rings. The van der Waals surface area contributed by atoms with E-state index in [9.17, 15) is 14.4 Å². The normalized spacial score (nSPS) is 13.0. The predicted molar refractivity (Wildman–Crippen MR) is 119 cm³/mol. The van der Waals surface area contributed by atoms with Crippen LogP contribution in [-0.2, 0) is 22.5 Å². The molecule has 0 aliphatic heterocycles. The van der Waals surface area contributed by atoms with E-state index in [1.54, 1.807) is 37.5 Å². The first-order chi connectivity index (χ1) is 15.0. The van der Waals surface area contributed by atoms with Crippen LogP contribution in [0.5, 0.6) is 0 Å². The van der Waals surface area contributed by atoms with E-state index in [4.69, 9.17) is 4.74 Å².